The number of nitrogens with zero attached hydrogens (tertiary/aromatic N) is 2. The topological polar surface area (TPSA) is 41.9 Å². The van der Waals surface area contributed by atoms with Crippen molar-refractivity contribution >= 4 is 45.5 Å². The molecule has 1 fully saturated rings. The van der Waals surface area contributed by atoms with Gasteiger partial charge in [-0.25, -0.2) is 0 Å². The Bertz CT molecular complexity index is 719. The highest BCUT2D eigenvalue weighted by molar-refractivity contribution is 8.76. The highest BCUT2D eigenvalue weighted by Crippen LogP contribution is 2.29. The summed E-state index contributed by atoms with van der Waals surface area (Å²) in [5.41, 5.74) is 2.11. The number of carbonyl (C=O) groups excluding carboxylic acids is 1. The lowest BCUT2D eigenvalue weighted by Gasteiger charge is -2.21. The second-order valence-corrected chi connectivity index (χ2v) is 9.21. The van der Waals surface area contributed by atoms with Crippen LogP contribution in [0.4, 0.5) is 5.69 Å². The zero-order valence-electron chi connectivity index (χ0n) is 17.2. The van der Waals surface area contributed by atoms with Gasteiger partial charge in [-0.05, 0) is 43.5 Å². The van der Waals surface area contributed by atoms with Gasteiger partial charge in [0.25, 0.3) is 0 Å². The van der Waals surface area contributed by atoms with E-state index in [2.05, 4.69) is 4.99 Å². The average Bonchev–Trinajstić information content (AvgIpc) is 2.99. The highest BCUT2D eigenvalue weighted by Gasteiger charge is 2.18. The molecular weight excluding hydrogens is 400 g/mol. The standard InChI is InChI=1S/C23H30N2O2S2/c1-3-24-16-8-6-4-5-7-10-20-12-14-21(15-13-20)25(2)18-23(26)27-22-11-9-17-28-29-19-22/h4-8,10,12-16,22H,3,9,11,17-19H2,1-2H3. The molecule has 1 aliphatic rings. The maximum atomic E-state index is 12.2. The van der Waals surface area contributed by atoms with Gasteiger partial charge in [-0.15, -0.1) is 0 Å². The Labute approximate surface area is 182 Å². The van der Waals surface area contributed by atoms with Crippen LogP contribution < -0.4 is 4.90 Å². The van der Waals surface area contributed by atoms with Crippen molar-refractivity contribution in [1.29, 1.82) is 0 Å². The van der Waals surface area contributed by atoms with E-state index in [0.29, 0.717) is 0 Å². The molecule has 1 atom stereocenters. The van der Waals surface area contributed by atoms with Crippen LogP contribution in [0.2, 0.25) is 0 Å². The zero-order valence-corrected chi connectivity index (χ0v) is 18.8. The van der Waals surface area contributed by atoms with Crippen molar-refractivity contribution in [3.05, 3.63) is 60.2 Å². The largest absolute Gasteiger partial charge is 0.460 e. The highest BCUT2D eigenvalue weighted by atomic mass is 33.1. The van der Waals surface area contributed by atoms with E-state index in [1.54, 1.807) is 17.0 Å². The number of rotatable bonds is 9. The number of benzene rings is 1. The van der Waals surface area contributed by atoms with Gasteiger partial charge < -0.3 is 9.64 Å². The minimum Gasteiger partial charge on any atom is -0.460 e. The molecule has 1 heterocycles. The van der Waals surface area contributed by atoms with Crippen LogP contribution in [0.15, 0.2) is 59.6 Å². The molecule has 2 rings (SSSR count). The summed E-state index contributed by atoms with van der Waals surface area (Å²) < 4.78 is 5.65. The van der Waals surface area contributed by atoms with Crippen LogP contribution in [0.3, 0.4) is 0 Å². The molecule has 0 amide bonds. The lowest BCUT2D eigenvalue weighted by atomic mass is 10.2. The molecule has 1 aromatic rings. The van der Waals surface area contributed by atoms with E-state index in [9.17, 15) is 4.79 Å². The van der Waals surface area contributed by atoms with E-state index < -0.39 is 0 Å². The van der Waals surface area contributed by atoms with Crippen molar-refractivity contribution in [2.45, 2.75) is 25.9 Å². The Kier molecular flexibility index (Phi) is 11.4. The minimum atomic E-state index is -0.156. The fourth-order valence-corrected chi connectivity index (χ4v) is 4.99. The molecule has 0 spiro atoms. The molecule has 1 unspecified atom stereocenters. The van der Waals surface area contributed by atoms with Crippen LogP contribution in [0.5, 0.6) is 0 Å². The zero-order chi connectivity index (χ0) is 20.7. The summed E-state index contributed by atoms with van der Waals surface area (Å²) in [4.78, 5) is 18.3. The van der Waals surface area contributed by atoms with E-state index in [-0.39, 0.29) is 18.6 Å². The van der Waals surface area contributed by atoms with Gasteiger partial charge in [0.1, 0.15) is 12.6 Å². The SMILES string of the molecule is CCN=CC=CC=CC=Cc1ccc(N(C)CC(=O)OC2CCCSSC2)cc1. The Hall–Kier alpha value is -1.92. The number of allylic oxidation sites excluding steroid dienone is 5. The molecule has 6 heteroatoms. The molecule has 0 aliphatic carbocycles. The second kappa shape index (κ2) is 14.1. The number of hydrogen-bond donors (Lipinski definition) is 0. The first kappa shape index (κ1) is 23.4. The lowest BCUT2D eigenvalue weighted by Crippen LogP contribution is -2.30. The molecule has 0 bridgehead atoms. The van der Waals surface area contributed by atoms with Crippen molar-refractivity contribution in [2.75, 3.05) is 36.5 Å². The van der Waals surface area contributed by atoms with Gasteiger partial charge >= 0.3 is 5.97 Å². The molecular formula is C23H30N2O2S2. The van der Waals surface area contributed by atoms with E-state index in [0.717, 1.165) is 42.1 Å². The molecule has 1 aromatic carbocycles. The fourth-order valence-electron chi connectivity index (χ4n) is 2.65. The quantitative estimate of drug-likeness (QED) is 0.226. The molecule has 0 radical (unpaired) electrons. The minimum absolute atomic E-state index is 0.0465. The molecule has 4 nitrogen and oxygen atoms in total. The van der Waals surface area contributed by atoms with Crippen LogP contribution in [0.1, 0.15) is 25.3 Å². The maximum Gasteiger partial charge on any atom is 0.325 e. The third-order valence-electron chi connectivity index (χ3n) is 4.20. The lowest BCUT2D eigenvalue weighted by molar-refractivity contribution is -0.146. The van der Waals surface area contributed by atoms with Gasteiger partial charge in [-0.3, -0.25) is 9.79 Å². The number of aliphatic imine (C=N–C) groups is 1. The predicted molar refractivity (Wildman–Crippen MR) is 130 cm³/mol. The van der Waals surface area contributed by atoms with Gasteiger partial charge in [0.2, 0.25) is 0 Å². The van der Waals surface area contributed by atoms with Gasteiger partial charge in [0.05, 0.1) is 0 Å². The molecule has 0 aromatic heterocycles. The summed E-state index contributed by atoms with van der Waals surface area (Å²) in [5.74, 6) is 1.87. The maximum absolute atomic E-state index is 12.2. The van der Waals surface area contributed by atoms with Crippen LogP contribution in [-0.4, -0.2) is 49.9 Å². The van der Waals surface area contributed by atoms with Crippen molar-refractivity contribution in [3.8, 4) is 0 Å². The summed E-state index contributed by atoms with van der Waals surface area (Å²) in [6.07, 6.45) is 15.8. The van der Waals surface area contributed by atoms with Crippen molar-refractivity contribution in [2.24, 2.45) is 4.99 Å². The number of ether oxygens (including phenoxy) is 1. The Morgan fingerprint density at radius 3 is 2.72 bits per heavy atom. The normalized spacial score (nSPS) is 18.1. The van der Waals surface area contributed by atoms with E-state index in [1.165, 1.54) is 0 Å². The third-order valence-corrected chi connectivity index (χ3v) is 6.73. The predicted octanol–water partition coefficient (Wildman–Crippen LogP) is 5.43. The molecule has 0 saturated carbocycles. The summed E-state index contributed by atoms with van der Waals surface area (Å²) in [6.45, 7) is 3.08. The van der Waals surface area contributed by atoms with Gasteiger partial charge in [0, 0.05) is 37.0 Å². The monoisotopic (exact) mass is 430 g/mol. The van der Waals surface area contributed by atoms with Gasteiger partial charge in [0.15, 0.2) is 0 Å². The Morgan fingerprint density at radius 1 is 1.17 bits per heavy atom. The summed E-state index contributed by atoms with van der Waals surface area (Å²) in [6, 6.07) is 8.14. The molecule has 1 saturated heterocycles. The van der Waals surface area contributed by atoms with Crippen LogP contribution in [-0.2, 0) is 9.53 Å². The number of esters is 1. The van der Waals surface area contributed by atoms with Crippen molar-refractivity contribution < 1.29 is 9.53 Å². The number of likely N-dealkylation sites (N-methyl/N-ethyl adjacent to an activating group) is 1. The van der Waals surface area contributed by atoms with Gasteiger partial charge in [-0.1, -0.05) is 64.1 Å². The Morgan fingerprint density at radius 2 is 1.93 bits per heavy atom. The van der Waals surface area contributed by atoms with Crippen molar-refractivity contribution in [1.82, 2.24) is 0 Å². The number of carbonyl (C=O) groups is 1. The molecule has 29 heavy (non-hydrogen) atoms. The number of anilines is 1. The second-order valence-electron chi connectivity index (χ2n) is 6.58. The number of hydrogen-bond acceptors (Lipinski definition) is 6. The third kappa shape index (κ3) is 9.90. The van der Waals surface area contributed by atoms with E-state index in [1.807, 2.05) is 90.4 Å². The van der Waals surface area contributed by atoms with Gasteiger partial charge in [-0.2, -0.15) is 0 Å². The first-order valence-electron chi connectivity index (χ1n) is 9.94. The van der Waals surface area contributed by atoms with E-state index >= 15 is 0 Å². The van der Waals surface area contributed by atoms with E-state index in [4.69, 9.17) is 4.74 Å². The fraction of sp³-hybridized carbons (Fsp3) is 0.391. The van der Waals surface area contributed by atoms with Crippen LogP contribution in [0.25, 0.3) is 6.08 Å². The first-order chi connectivity index (χ1) is 14.2. The average molecular weight is 431 g/mol. The Balaban J connectivity index is 1.78. The summed E-state index contributed by atoms with van der Waals surface area (Å²) in [5, 5.41) is 0. The molecule has 156 valence electrons. The first-order valence-corrected chi connectivity index (χ1v) is 12.4. The van der Waals surface area contributed by atoms with Crippen molar-refractivity contribution in [3.63, 3.8) is 0 Å². The smallest absolute Gasteiger partial charge is 0.325 e. The molecule has 0 N–H and O–H groups in total. The summed E-state index contributed by atoms with van der Waals surface area (Å²) >= 11 is 0. The molecule has 1 aliphatic heterocycles. The van der Waals surface area contributed by atoms with Crippen LogP contribution in [0, 0.1) is 0 Å². The van der Waals surface area contributed by atoms with Crippen LogP contribution >= 0.6 is 21.6 Å². The summed E-state index contributed by atoms with van der Waals surface area (Å²) in [7, 11) is 5.59.